The van der Waals surface area contributed by atoms with Gasteiger partial charge in [0.2, 0.25) is 20.0 Å². The number of hydrogen-bond acceptors (Lipinski definition) is 4. The lowest BCUT2D eigenvalue weighted by Gasteiger charge is -2.30. The average Bonchev–Trinajstić information content (AvgIpc) is 1.99. The van der Waals surface area contributed by atoms with Crippen molar-refractivity contribution in [1.29, 1.82) is 0 Å². The molecule has 0 aliphatic carbocycles. The maximum absolute atomic E-state index is 11.2. The van der Waals surface area contributed by atoms with Gasteiger partial charge in [0.1, 0.15) is 0 Å². The molecule has 1 atom stereocenters. The molecule has 0 aromatic carbocycles. The topological polar surface area (TPSA) is 83.6 Å². The highest BCUT2D eigenvalue weighted by molar-refractivity contribution is 7.89. The number of hydrogen-bond donors (Lipinski definition) is 1. The molecule has 0 amide bonds. The van der Waals surface area contributed by atoms with Gasteiger partial charge in [-0.2, -0.15) is 0 Å². The lowest BCUT2D eigenvalue weighted by atomic mass is 10.1. The standard InChI is InChI=1S/C7H16N2O4S2/c1-14(10,11)8-7-4-3-5-9(6-7)15(2,12)13/h7-8H,3-6H2,1-2H3. The van der Waals surface area contributed by atoms with E-state index in [0.717, 1.165) is 12.5 Å². The molecule has 1 unspecified atom stereocenters. The van der Waals surface area contributed by atoms with Crippen molar-refractivity contribution in [2.75, 3.05) is 25.6 Å². The van der Waals surface area contributed by atoms with Gasteiger partial charge in [0, 0.05) is 19.1 Å². The lowest BCUT2D eigenvalue weighted by molar-refractivity contribution is 0.305. The first-order valence-corrected chi connectivity index (χ1v) is 8.35. The second-order valence-electron chi connectivity index (χ2n) is 3.85. The Morgan fingerprint density at radius 1 is 1.20 bits per heavy atom. The molecule has 1 rings (SSSR count). The van der Waals surface area contributed by atoms with E-state index in [2.05, 4.69) is 4.72 Å². The number of rotatable bonds is 3. The van der Waals surface area contributed by atoms with Crippen LogP contribution in [0, 0.1) is 0 Å². The van der Waals surface area contributed by atoms with E-state index in [0.29, 0.717) is 19.4 Å². The van der Waals surface area contributed by atoms with Gasteiger partial charge in [0.15, 0.2) is 0 Å². The van der Waals surface area contributed by atoms with Gasteiger partial charge in [-0.15, -0.1) is 0 Å². The molecular weight excluding hydrogens is 240 g/mol. The molecule has 90 valence electrons. The van der Waals surface area contributed by atoms with Gasteiger partial charge < -0.3 is 0 Å². The molecule has 1 fully saturated rings. The van der Waals surface area contributed by atoms with Crippen molar-refractivity contribution in [2.45, 2.75) is 18.9 Å². The van der Waals surface area contributed by atoms with Crippen LogP contribution in [0.4, 0.5) is 0 Å². The molecule has 0 radical (unpaired) electrons. The van der Waals surface area contributed by atoms with Crippen LogP contribution in [0.2, 0.25) is 0 Å². The summed E-state index contributed by atoms with van der Waals surface area (Å²) in [6, 6.07) is -0.302. The van der Waals surface area contributed by atoms with Crippen LogP contribution in [0.15, 0.2) is 0 Å². The molecule has 0 saturated carbocycles. The summed E-state index contributed by atoms with van der Waals surface area (Å²) in [5.74, 6) is 0. The number of nitrogens with one attached hydrogen (secondary N) is 1. The summed E-state index contributed by atoms with van der Waals surface area (Å²) in [7, 11) is -6.48. The van der Waals surface area contributed by atoms with Crippen LogP contribution in [0.25, 0.3) is 0 Å². The molecule has 0 spiro atoms. The molecule has 15 heavy (non-hydrogen) atoms. The van der Waals surface area contributed by atoms with Crippen LogP contribution in [0.1, 0.15) is 12.8 Å². The van der Waals surface area contributed by atoms with Crippen molar-refractivity contribution < 1.29 is 16.8 Å². The zero-order chi connectivity index (χ0) is 11.7. The van der Waals surface area contributed by atoms with Crippen LogP contribution in [0.5, 0.6) is 0 Å². The van der Waals surface area contributed by atoms with E-state index in [1.165, 1.54) is 4.31 Å². The molecule has 1 heterocycles. The lowest BCUT2D eigenvalue weighted by Crippen LogP contribution is -2.48. The Bertz CT molecular complexity index is 414. The van der Waals surface area contributed by atoms with E-state index in [1.54, 1.807) is 0 Å². The molecule has 6 nitrogen and oxygen atoms in total. The van der Waals surface area contributed by atoms with Crippen molar-refractivity contribution in [3.8, 4) is 0 Å². The van der Waals surface area contributed by atoms with Crippen molar-refractivity contribution in [3.63, 3.8) is 0 Å². The fraction of sp³-hybridized carbons (Fsp3) is 1.00. The van der Waals surface area contributed by atoms with E-state index >= 15 is 0 Å². The summed E-state index contributed by atoms with van der Waals surface area (Å²) in [6.07, 6.45) is 3.57. The number of sulfonamides is 2. The van der Waals surface area contributed by atoms with Gasteiger partial charge in [-0.3, -0.25) is 0 Å². The SMILES string of the molecule is CS(=O)(=O)NC1CCCN(S(C)(=O)=O)C1. The van der Waals surface area contributed by atoms with E-state index in [-0.39, 0.29) is 12.6 Å². The smallest absolute Gasteiger partial charge is 0.211 e. The first-order chi connectivity index (χ1) is 6.68. The molecule has 0 aromatic rings. The minimum atomic E-state index is -3.26. The van der Waals surface area contributed by atoms with Gasteiger partial charge in [-0.25, -0.2) is 25.9 Å². The van der Waals surface area contributed by atoms with Crippen molar-refractivity contribution in [2.24, 2.45) is 0 Å². The minimum Gasteiger partial charge on any atom is -0.213 e. The molecule has 1 aliphatic heterocycles. The third-order valence-corrected chi connectivity index (χ3v) is 4.27. The van der Waals surface area contributed by atoms with E-state index in [4.69, 9.17) is 0 Å². The highest BCUT2D eigenvalue weighted by Gasteiger charge is 2.27. The average molecular weight is 256 g/mol. The third-order valence-electron chi connectivity index (χ3n) is 2.23. The van der Waals surface area contributed by atoms with Gasteiger partial charge in [0.05, 0.1) is 12.5 Å². The molecule has 0 aromatic heterocycles. The molecule has 1 saturated heterocycles. The Hall–Kier alpha value is -0.180. The van der Waals surface area contributed by atoms with Crippen LogP contribution in [-0.2, 0) is 20.0 Å². The summed E-state index contributed by atoms with van der Waals surface area (Å²) < 4.78 is 48.2. The van der Waals surface area contributed by atoms with E-state index in [1.807, 2.05) is 0 Å². The number of piperidine rings is 1. The molecule has 1 N–H and O–H groups in total. The van der Waals surface area contributed by atoms with Crippen LogP contribution >= 0.6 is 0 Å². The maximum Gasteiger partial charge on any atom is 0.211 e. The second kappa shape index (κ2) is 4.36. The van der Waals surface area contributed by atoms with E-state index in [9.17, 15) is 16.8 Å². The Labute approximate surface area is 90.8 Å². The molecule has 0 bridgehead atoms. The predicted octanol–water partition coefficient (Wildman–Crippen LogP) is -1.04. The normalized spacial score (nSPS) is 25.3. The largest absolute Gasteiger partial charge is 0.213 e. The quantitative estimate of drug-likeness (QED) is 0.699. The fourth-order valence-corrected chi connectivity index (χ4v) is 3.35. The highest BCUT2D eigenvalue weighted by Crippen LogP contribution is 2.13. The fourth-order valence-electron chi connectivity index (χ4n) is 1.64. The maximum atomic E-state index is 11.2. The van der Waals surface area contributed by atoms with Gasteiger partial charge in [-0.1, -0.05) is 0 Å². The zero-order valence-corrected chi connectivity index (χ0v) is 10.4. The third kappa shape index (κ3) is 4.45. The summed E-state index contributed by atoms with van der Waals surface area (Å²) >= 11 is 0. The van der Waals surface area contributed by atoms with Gasteiger partial charge in [0.25, 0.3) is 0 Å². The Balaban J connectivity index is 2.65. The highest BCUT2D eigenvalue weighted by atomic mass is 32.2. The van der Waals surface area contributed by atoms with Crippen molar-refractivity contribution in [1.82, 2.24) is 9.03 Å². The van der Waals surface area contributed by atoms with Crippen molar-refractivity contribution in [3.05, 3.63) is 0 Å². The molecule has 8 heteroatoms. The Morgan fingerprint density at radius 3 is 2.27 bits per heavy atom. The monoisotopic (exact) mass is 256 g/mol. The predicted molar refractivity (Wildman–Crippen MR) is 57.4 cm³/mol. The van der Waals surface area contributed by atoms with Gasteiger partial charge in [-0.05, 0) is 12.8 Å². The zero-order valence-electron chi connectivity index (χ0n) is 8.80. The summed E-state index contributed by atoms with van der Waals surface area (Å²) in [4.78, 5) is 0. The van der Waals surface area contributed by atoms with Gasteiger partial charge >= 0.3 is 0 Å². The Morgan fingerprint density at radius 2 is 1.80 bits per heavy atom. The summed E-state index contributed by atoms with van der Waals surface area (Å²) in [5, 5.41) is 0. The van der Waals surface area contributed by atoms with Crippen molar-refractivity contribution >= 4 is 20.0 Å². The van der Waals surface area contributed by atoms with Crippen LogP contribution in [-0.4, -0.2) is 52.8 Å². The van der Waals surface area contributed by atoms with Crippen LogP contribution < -0.4 is 4.72 Å². The number of nitrogens with zero attached hydrogens (tertiary/aromatic N) is 1. The Kier molecular flexibility index (Phi) is 3.75. The first kappa shape index (κ1) is 12.9. The molecular formula is C7H16N2O4S2. The first-order valence-electron chi connectivity index (χ1n) is 4.61. The summed E-state index contributed by atoms with van der Waals surface area (Å²) in [5.41, 5.74) is 0. The molecule has 1 aliphatic rings. The van der Waals surface area contributed by atoms with E-state index < -0.39 is 20.0 Å². The van der Waals surface area contributed by atoms with Crippen LogP contribution in [0.3, 0.4) is 0 Å². The summed E-state index contributed by atoms with van der Waals surface area (Å²) in [6.45, 7) is 0.701. The minimum absolute atomic E-state index is 0.228. The second-order valence-corrected chi connectivity index (χ2v) is 7.61.